The van der Waals surface area contributed by atoms with Crippen molar-refractivity contribution in [2.45, 2.75) is 75.9 Å². The summed E-state index contributed by atoms with van der Waals surface area (Å²) in [6.07, 6.45) is 8.18. The summed E-state index contributed by atoms with van der Waals surface area (Å²) in [5, 5.41) is 36.1. The fraction of sp³-hybridized carbons (Fsp3) is 0.415. The average Bonchev–Trinajstić information content (AvgIpc) is 3.37. The van der Waals surface area contributed by atoms with Crippen LogP contribution in [-0.4, -0.2) is 97.1 Å². The molecular weight excluding hydrogens is 887 g/mol. The lowest BCUT2D eigenvalue weighted by molar-refractivity contribution is -0.384. The number of oxime groups is 1. The second-order valence-corrected chi connectivity index (χ2v) is 17.4. The maximum atomic E-state index is 14.3. The molecule has 6 unspecified atom stereocenters. The largest absolute Gasteiger partial charge is 0.496 e. The van der Waals surface area contributed by atoms with E-state index in [0.717, 1.165) is 36.0 Å². The molecule has 2 aliphatic carbocycles. The quantitative estimate of drug-likeness (QED) is 0.0210. The minimum absolute atomic E-state index is 0.00737. The predicted molar refractivity (Wildman–Crippen MR) is 257 cm³/mol. The van der Waals surface area contributed by atoms with E-state index in [9.17, 15) is 29.9 Å². The second kappa shape index (κ2) is 24.1. The van der Waals surface area contributed by atoms with Gasteiger partial charge in [0.15, 0.2) is 6.29 Å². The van der Waals surface area contributed by atoms with E-state index < -0.39 is 28.8 Å². The highest BCUT2D eigenvalue weighted by Crippen LogP contribution is 2.62. The molecule has 1 fully saturated rings. The Balaban J connectivity index is 1.33. The third-order valence-corrected chi connectivity index (χ3v) is 13.1. The van der Waals surface area contributed by atoms with E-state index in [1.165, 1.54) is 24.1 Å². The van der Waals surface area contributed by atoms with Gasteiger partial charge < -0.3 is 48.4 Å². The third kappa shape index (κ3) is 11.8. The molecule has 1 amide bonds. The van der Waals surface area contributed by atoms with Crippen molar-refractivity contribution in [2.24, 2.45) is 22.9 Å². The molecule has 0 spiro atoms. The molecule has 1 heterocycles. The van der Waals surface area contributed by atoms with Gasteiger partial charge in [0.25, 0.3) is 5.69 Å². The topological polar surface area (TPSA) is 198 Å². The number of nitrogens with zero attached hydrogens (tertiary/aromatic N) is 3. The summed E-state index contributed by atoms with van der Waals surface area (Å²) < 4.78 is 37.7. The number of nitro benzene ring substituents is 1. The van der Waals surface area contributed by atoms with Crippen LogP contribution in [0.5, 0.6) is 23.0 Å². The molecule has 1 aliphatic heterocycles. The van der Waals surface area contributed by atoms with Crippen molar-refractivity contribution < 1.29 is 58.0 Å². The van der Waals surface area contributed by atoms with Crippen LogP contribution in [0.4, 0.5) is 10.5 Å². The number of likely N-dealkylation sites (N-methyl/N-ethyl adjacent to an activating group) is 1. The molecular formula is C53H61N3O13. The molecule has 0 aromatic heterocycles. The summed E-state index contributed by atoms with van der Waals surface area (Å²) in [5.74, 6) is -0.736. The van der Waals surface area contributed by atoms with Crippen LogP contribution in [0.3, 0.4) is 0 Å². The van der Waals surface area contributed by atoms with E-state index in [0.29, 0.717) is 72.0 Å². The number of amides is 1. The van der Waals surface area contributed by atoms with Crippen molar-refractivity contribution >= 4 is 23.8 Å². The molecule has 4 aromatic rings. The Labute approximate surface area is 402 Å². The number of hydrogen-bond acceptors (Lipinski definition) is 14. The molecule has 2 N–H and O–H groups in total. The molecule has 4 aromatic carbocycles. The van der Waals surface area contributed by atoms with Crippen LogP contribution >= 0.6 is 0 Å². The van der Waals surface area contributed by atoms with E-state index in [1.54, 1.807) is 49.5 Å². The first-order valence-corrected chi connectivity index (χ1v) is 23.4. The average molecular weight is 948 g/mol. The third-order valence-electron chi connectivity index (χ3n) is 13.1. The summed E-state index contributed by atoms with van der Waals surface area (Å²) in [4.78, 5) is 44.8. The maximum absolute atomic E-state index is 14.3. The van der Waals surface area contributed by atoms with Crippen LogP contribution in [0.1, 0.15) is 77.9 Å². The summed E-state index contributed by atoms with van der Waals surface area (Å²) in [5.41, 5.74) is 4.14. The van der Waals surface area contributed by atoms with E-state index in [-0.39, 0.29) is 69.5 Å². The van der Waals surface area contributed by atoms with Crippen molar-refractivity contribution in [1.29, 1.82) is 0 Å². The molecule has 1 saturated carbocycles. The van der Waals surface area contributed by atoms with Gasteiger partial charge in [0, 0.05) is 50.3 Å². The molecule has 16 nitrogen and oxygen atoms in total. The number of allylic oxidation sites excluding steroid dienone is 1. The lowest BCUT2D eigenvalue weighted by atomic mass is 9.55. The molecule has 0 radical (unpaired) electrons. The van der Waals surface area contributed by atoms with Gasteiger partial charge in [-0.25, -0.2) is 4.79 Å². The van der Waals surface area contributed by atoms with Gasteiger partial charge in [-0.1, -0.05) is 60.5 Å². The number of aliphatic hydroxyl groups is 2. The zero-order valence-electron chi connectivity index (χ0n) is 39.1. The number of fused-ring (bicyclic) bond motifs is 2. The molecule has 3 aliphatic rings. The number of rotatable bonds is 25. The Bertz CT molecular complexity index is 2440. The van der Waals surface area contributed by atoms with Gasteiger partial charge in [-0.2, -0.15) is 0 Å². The Morgan fingerprint density at radius 1 is 0.942 bits per heavy atom. The van der Waals surface area contributed by atoms with E-state index in [2.05, 4.69) is 12.7 Å². The Hall–Kier alpha value is -6.59. The van der Waals surface area contributed by atoms with Crippen LogP contribution in [0.25, 0.3) is 0 Å². The zero-order valence-corrected chi connectivity index (χ0v) is 39.1. The number of ether oxygens (including phenoxy) is 6. The molecule has 0 saturated heterocycles. The zero-order chi connectivity index (χ0) is 48.8. The summed E-state index contributed by atoms with van der Waals surface area (Å²) in [7, 11) is 3.14. The Morgan fingerprint density at radius 3 is 2.38 bits per heavy atom. The first-order valence-electron chi connectivity index (χ1n) is 23.4. The number of benzene rings is 4. The van der Waals surface area contributed by atoms with Crippen LogP contribution < -0.4 is 14.2 Å². The van der Waals surface area contributed by atoms with Crippen LogP contribution in [0, 0.1) is 27.9 Å². The summed E-state index contributed by atoms with van der Waals surface area (Å²) in [6.45, 7) is 4.63. The highest BCUT2D eigenvalue weighted by Gasteiger charge is 2.65. The fourth-order valence-corrected chi connectivity index (χ4v) is 9.88. The minimum atomic E-state index is -1.53. The monoisotopic (exact) mass is 947 g/mol. The van der Waals surface area contributed by atoms with Crippen LogP contribution in [0.15, 0.2) is 120 Å². The Morgan fingerprint density at radius 2 is 1.67 bits per heavy atom. The number of aliphatic hydroxyl groups excluding tert-OH is 2. The number of non-ortho nitro benzene ring substituents is 1. The van der Waals surface area contributed by atoms with Gasteiger partial charge in [0.1, 0.15) is 42.3 Å². The van der Waals surface area contributed by atoms with E-state index >= 15 is 0 Å². The SMILES string of the molecule is C=CCOC12Oc3ccc(Oc4ccc(OC)c(C=O)c4)cc3C3C(CCCCO)C(CCCCO)C=C(C(=NOCc4ccc([N+](=O)[O-])cc4)CC1N(C)C(=O)OCCOCc1ccccc1)C32. The molecule has 16 heteroatoms. The Kier molecular flexibility index (Phi) is 17.6. The van der Waals surface area contributed by atoms with Gasteiger partial charge in [0.2, 0.25) is 5.79 Å². The molecule has 366 valence electrons. The summed E-state index contributed by atoms with van der Waals surface area (Å²) in [6, 6.07) is 25.5. The molecule has 0 bridgehead atoms. The predicted octanol–water partition coefficient (Wildman–Crippen LogP) is 9.33. The highest BCUT2D eigenvalue weighted by atomic mass is 16.7. The van der Waals surface area contributed by atoms with Crippen molar-refractivity contribution in [2.75, 3.05) is 47.2 Å². The van der Waals surface area contributed by atoms with Gasteiger partial charge in [-0.15, -0.1) is 6.58 Å². The van der Waals surface area contributed by atoms with Crippen LogP contribution in [-0.2, 0) is 32.3 Å². The molecule has 69 heavy (non-hydrogen) atoms. The van der Waals surface area contributed by atoms with E-state index in [1.807, 2.05) is 42.5 Å². The van der Waals surface area contributed by atoms with Crippen LogP contribution in [0.2, 0.25) is 0 Å². The number of unbranched alkanes of at least 4 members (excludes halogenated alkanes) is 2. The first kappa shape index (κ1) is 50.3. The smallest absolute Gasteiger partial charge is 0.410 e. The molecule has 7 rings (SSSR count). The minimum Gasteiger partial charge on any atom is -0.496 e. The fourth-order valence-electron chi connectivity index (χ4n) is 9.88. The van der Waals surface area contributed by atoms with E-state index in [4.69, 9.17) is 38.4 Å². The number of aldehydes is 1. The normalized spacial score (nSPS) is 21.7. The van der Waals surface area contributed by atoms with Crippen molar-refractivity contribution in [3.63, 3.8) is 0 Å². The summed E-state index contributed by atoms with van der Waals surface area (Å²) >= 11 is 0. The standard InChI is InChI=1S/C53H61N3O13/c1-4-26-66-53-49(55(2)52(60)65-28-27-64-34-36-12-6-5-7-13-36)32-46(54-67-35-37-16-18-40(19-17-37)56(61)62)44-30-38(14-8-10-24-57)43(15-9-11-25-58)50(51(44)53)45-31-42(21-23-48(45)69-53)68-41-20-22-47(63-3)39(29-41)33-59/h4-7,12-13,16-23,29-31,33,38,43,49-51,57-58H,1,8-11,14-15,24-28,32,34-35H2,2-3H3. The number of methoxy groups -OCH3 is 1. The van der Waals surface area contributed by atoms with Gasteiger partial charge in [-0.3, -0.25) is 14.9 Å². The van der Waals surface area contributed by atoms with Crippen molar-refractivity contribution in [1.82, 2.24) is 4.90 Å². The number of carbonyl (C=O) groups is 2. The van der Waals surface area contributed by atoms with Gasteiger partial charge in [0.05, 0.1) is 49.0 Å². The molecule has 6 atom stereocenters. The maximum Gasteiger partial charge on any atom is 0.410 e. The lowest BCUT2D eigenvalue weighted by Gasteiger charge is -2.59. The lowest BCUT2D eigenvalue weighted by Crippen LogP contribution is -2.69. The highest BCUT2D eigenvalue weighted by molar-refractivity contribution is 6.03. The van der Waals surface area contributed by atoms with Gasteiger partial charge >= 0.3 is 6.09 Å². The van der Waals surface area contributed by atoms with Crippen molar-refractivity contribution in [3.8, 4) is 23.0 Å². The second-order valence-electron chi connectivity index (χ2n) is 17.4. The number of nitro groups is 1. The van der Waals surface area contributed by atoms with Gasteiger partial charge in [-0.05, 0) is 103 Å². The first-order chi connectivity index (χ1) is 33.6. The number of hydrogen-bond donors (Lipinski definition) is 2. The van der Waals surface area contributed by atoms with Crippen molar-refractivity contribution in [3.05, 3.63) is 148 Å². The number of carbonyl (C=O) groups excluding carboxylic acids is 2.